The number of rotatable bonds is 5. The Morgan fingerprint density at radius 2 is 1.85 bits per heavy atom. The van der Waals surface area contributed by atoms with E-state index in [1.807, 2.05) is 53.1 Å². The number of para-hydroxylation sites is 1. The zero-order chi connectivity index (χ0) is 18.4. The van der Waals surface area contributed by atoms with E-state index in [0.29, 0.717) is 30.2 Å². The molecule has 0 spiro atoms. The number of thioether (sulfide) groups is 1. The number of carbonyl (C=O) groups excluding carboxylic acids is 2. The number of nitrogens with one attached hydrogen (secondary N) is 1. The van der Waals surface area contributed by atoms with E-state index in [1.54, 1.807) is 12.1 Å². The number of fused-ring (bicyclic) bond motifs is 1. The average Bonchev–Trinajstić information content (AvgIpc) is 2.83. The highest BCUT2D eigenvalue weighted by atomic mass is 32.2. The van der Waals surface area contributed by atoms with Crippen molar-refractivity contribution in [1.29, 1.82) is 0 Å². The molecule has 0 fully saturated rings. The second-order valence-corrected chi connectivity index (χ2v) is 7.94. The second-order valence-electron chi connectivity index (χ2n) is 6.46. The fourth-order valence-electron chi connectivity index (χ4n) is 3.01. The molecule has 1 aliphatic rings. The molecule has 0 aliphatic carbocycles. The van der Waals surface area contributed by atoms with E-state index in [-0.39, 0.29) is 11.8 Å². The van der Waals surface area contributed by atoms with Crippen molar-refractivity contribution < 1.29 is 9.59 Å². The van der Waals surface area contributed by atoms with Crippen molar-refractivity contribution in [2.45, 2.75) is 36.3 Å². The Bertz CT molecular complexity index is 764. The minimum atomic E-state index is -0.0941. The summed E-state index contributed by atoms with van der Waals surface area (Å²) in [5.41, 5.74) is 1.66. The Hall–Kier alpha value is -2.27. The topological polar surface area (TPSA) is 49.4 Å². The third-order valence-corrected chi connectivity index (χ3v) is 5.67. The smallest absolute Gasteiger partial charge is 0.251 e. The van der Waals surface area contributed by atoms with Crippen molar-refractivity contribution in [3.8, 4) is 0 Å². The van der Waals surface area contributed by atoms with Gasteiger partial charge in [0.2, 0.25) is 5.91 Å². The summed E-state index contributed by atoms with van der Waals surface area (Å²) in [5, 5.41) is 3.38. The highest BCUT2D eigenvalue weighted by molar-refractivity contribution is 8.00. The SMILES string of the molecule is CC1CCN(C(=O)CCCNC(=O)c2ccccc2)c2ccccc2S1. The molecule has 0 radical (unpaired) electrons. The lowest BCUT2D eigenvalue weighted by Crippen LogP contribution is -2.33. The zero-order valence-corrected chi connectivity index (χ0v) is 15.8. The number of benzene rings is 2. The van der Waals surface area contributed by atoms with E-state index < -0.39 is 0 Å². The van der Waals surface area contributed by atoms with Crippen LogP contribution in [0.3, 0.4) is 0 Å². The van der Waals surface area contributed by atoms with Crippen molar-refractivity contribution in [2.24, 2.45) is 0 Å². The Kier molecular flexibility index (Phi) is 6.34. The molecule has 1 atom stereocenters. The highest BCUT2D eigenvalue weighted by Gasteiger charge is 2.23. The summed E-state index contributed by atoms with van der Waals surface area (Å²) in [6.07, 6.45) is 2.05. The monoisotopic (exact) mass is 368 g/mol. The fraction of sp³-hybridized carbons (Fsp3) is 0.333. The summed E-state index contributed by atoms with van der Waals surface area (Å²) in [6, 6.07) is 17.2. The molecule has 26 heavy (non-hydrogen) atoms. The predicted molar refractivity (Wildman–Crippen MR) is 107 cm³/mol. The lowest BCUT2D eigenvalue weighted by atomic mass is 10.2. The molecule has 1 N–H and O–H groups in total. The minimum absolute atomic E-state index is 0.0941. The maximum atomic E-state index is 12.7. The van der Waals surface area contributed by atoms with E-state index in [0.717, 1.165) is 18.7 Å². The van der Waals surface area contributed by atoms with Crippen LogP contribution in [0.2, 0.25) is 0 Å². The van der Waals surface area contributed by atoms with Gasteiger partial charge in [-0.3, -0.25) is 9.59 Å². The first-order valence-corrected chi connectivity index (χ1v) is 9.92. The van der Waals surface area contributed by atoms with E-state index in [9.17, 15) is 9.59 Å². The first-order chi connectivity index (χ1) is 12.6. The molecule has 2 aromatic rings. The van der Waals surface area contributed by atoms with Crippen molar-refractivity contribution in [3.05, 3.63) is 60.2 Å². The van der Waals surface area contributed by atoms with Crippen LogP contribution in [-0.2, 0) is 4.79 Å². The van der Waals surface area contributed by atoms with Gasteiger partial charge in [0.25, 0.3) is 5.91 Å². The molecular weight excluding hydrogens is 344 g/mol. The second kappa shape index (κ2) is 8.90. The third kappa shape index (κ3) is 4.67. The summed E-state index contributed by atoms with van der Waals surface area (Å²) in [7, 11) is 0. The highest BCUT2D eigenvalue weighted by Crippen LogP contribution is 2.37. The van der Waals surface area contributed by atoms with Crippen molar-refractivity contribution in [2.75, 3.05) is 18.0 Å². The molecule has 0 bridgehead atoms. The summed E-state index contributed by atoms with van der Waals surface area (Å²) in [5.74, 6) is 0.0319. The number of anilines is 1. The van der Waals surface area contributed by atoms with E-state index >= 15 is 0 Å². The minimum Gasteiger partial charge on any atom is -0.352 e. The molecular formula is C21H24N2O2S. The van der Waals surface area contributed by atoms with Crippen LogP contribution in [0.4, 0.5) is 5.69 Å². The summed E-state index contributed by atoms with van der Waals surface area (Å²) < 4.78 is 0. The van der Waals surface area contributed by atoms with E-state index in [1.165, 1.54) is 4.90 Å². The number of hydrogen-bond donors (Lipinski definition) is 1. The Morgan fingerprint density at radius 1 is 1.12 bits per heavy atom. The molecule has 0 saturated heterocycles. The quantitative estimate of drug-likeness (QED) is 0.808. The maximum absolute atomic E-state index is 12.7. The van der Waals surface area contributed by atoms with Crippen LogP contribution < -0.4 is 10.2 Å². The van der Waals surface area contributed by atoms with Crippen LogP contribution >= 0.6 is 11.8 Å². The van der Waals surface area contributed by atoms with Crippen LogP contribution in [0.25, 0.3) is 0 Å². The van der Waals surface area contributed by atoms with Gasteiger partial charge in [-0.25, -0.2) is 0 Å². The van der Waals surface area contributed by atoms with Gasteiger partial charge in [0.1, 0.15) is 0 Å². The molecule has 2 amide bonds. The van der Waals surface area contributed by atoms with E-state index in [4.69, 9.17) is 0 Å². The van der Waals surface area contributed by atoms with E-state index in [2.05, 4.69) is 18.3 Å². The molecule has 136 valence electrons. The largest absolute Gasteiger partial charge is 0.352 e. The summed E-state index contributed by atoms with van der Waals surface area (Å²) in [4.78, 5) is 27.8. The number of hydrogen-bond acceptors (Lipinski definition) is 3. The molecule has 0 aromatic heterocycles. The van der Waals surface area contributed by atoms with Gasteiger partial charge in [0, 0.05) is 35.2 Å². The fourth-order valence-corrected chi connectivity index (χ4v) is 4.13. The Balaban J connectivity index is 1.53. The van der Waals surface area contributed by atoms with Crippen LogP contribution in [0.5, 0.6) is 0 Å². The van der Waals surface area contributed by atoms with Gasteiger partial charge in [0.15, 0.2) is 0 Å². The van der Waals surface area contributed by atoms with Gasteiger partial charge in [-0.1, -0.05) is 37.3 Å². The zero-order valence-electron chi connectivity index (χ0n) is 15.0. The van der Waals surface area contributed by atoms with Gasteiger partial charge in [-0.15, -0.1) is 11.8 Å². The molecule has 1 aliphatic heterocycles. The summed E-state index contributed by atoms with van der Waals surface area (Å²) in [6.45, 7) is 3.45. The molecule has 1 unspecified atom stereocenters. The van der Waals surface area contributed by atoms with Gasteiger partial charge >= 0.3 is 0 Å². The number of carbonyl (C=O) groups is 2. The van der Waals surface area contributed by atoms with Crippen LogP contribution in [0.15, 0.2) is 59.5 Å². The van der Waals surface area contributed by atoms with Gasteiger partial charge in [-0.2, -0.15) is 0 Å². The Morgan fingerprint density at radius 3 is 2.65 bits per heavy atom. The van der Waals surface area contributed by atoms with Crippen LogP contribution in [0.1, 0.15) is 36.5 Å². The number of nitrogens with zero attached hydrogens (tertiary/aromatic N) is 1. The van der Waals surface area contributed by atoms with Gasteiger partial charge in [-0.05, 0) is 37.1 Å². The Labute approximate surface area is 159 Å². The van der Waals surface area contributed by atoms with Crippen LogP contribution in [-0.4, -0.2) is 30.2 Å². The average molecular weight is 369 g/mol. The molecule has 5 heteroatoms. The van der Waals surface area contributed by atoms with Crippen LogP contribution in [0, 0.1) is 0 Å². The molecule has 1 heterocycles. The first kappa shape index (κ1) is 18.5. The van der Waals surface area contributed by atoms with Crippen molar-refractivity contribution >= 4 is 29.3 Å². The summed E-state index contributed by atoms with van der Waals surface area (Å²) >= 11 is 1.83. The standard InChI is InChI=1S/C21H24N2O2S/c1-16-13-15-23(18-10-5-6-11-19(18)26-16)20(24)12-7-14-22-21(25)17-8-3-2-4-9-17/h2-6,8-11,16H,7,12-15H2,1H3,(H,22,25). The number of amides is 2. The lowest BCUT2D eigenvalue weighted by molar-refractivity contribution is -0.118. The molecule has 3 rings (SSSR count). The van der Waals surface area contributed by atoms with Gasteiger partial charge < -0.3 is 10.2 Å². The molecule has 2 aromatic carbocycles. The molecule has 0 saturated carbocycles. The van der Waals surface area contributed by atoms with Gasteiger partial charge in [0.05, 0.1) is 5.69 Å². The lowest BCUT2D eigenvalue weighted by Gasteiger charge is -2.22. The normalized spacial score (nSPS) is 16.5. The third-order valence-electron chi connectivity index (χ3n) is 4.43. The van der Waals surface area contributed by atoms with Crippen molar-refractivity contribution in [3.63, 3.8) is 0 Å². The predicted octanol–water partition coefficient (Wildman–Crippen LogP) is 4.11. The van der Waals surface area contributed by atoms with Crippen molar-refractivity contribution in [1.82, 2.24) is 5.32 Å². The maximum Gasteiger partial charge on any atom is 0.251 e. The molecule has 4 nitrogen and oxygen atoms in total. The first-order valence-electron chi connectivity index (χ1n) is 9.04.